The first kappa shape index (κ1) is 10.7. The largest absolute Gasteiger partial charge is 0.383 e. The molecule has 0 saturated carbocycles. The van der Waals surface area contributed by atoms with E-state index in [1.54, 1.807) is 28.8 Å². The van der Waals surface area contributed by atoms with E-state index in [-0.39, 0.29) is 17.1 Å². The molecule has 2 heterocycles. The van der Waals surface area contributed by atoms with Crippen molar-refractivity contribution < 1.29 is 8.78 Å². The van der Waals surface area contributed by atoms with Gasteiger partial charge in [0, 0.05) is 11.8 Å². The van der Waals surface area contributed by atoms with Crippen LogP contribution in [-0.4, -0.2) is 9.38 Å². The van der Waals surface area contributed by atoms with Gasteiger partial charge < -0.3 is 5.73 Å². The number of nitrogens with two attached hydrogens (primary N) is 1. The number of pyridine rings is 1. The van der Waals surface area contributed by atoms with Gasteiger partial charge in [-0.05, 0) is 30.3 Å². The van der Waals surface area contributed by atoms with E-state index in [2.05, 4.69) is 4.98 Å². The van der Waals surface area contributed by atoms with Crippen molar-refractivity contribution in [2.24, 2.45) is 0 Å². The fraction of sp³-hybridized carbons (Fsp3) is 0. The highest BCUT2D eigenvalue weighted by atomic mass is 19.1. The maximum absolute atomic E-state index is 13.7. The lowest BCUT2D eigenvalue weighted by Crippen LogP contribution is -1.95. The summed E-state index contributed by atoms with van der Waals surface area (Å²) in [5.41, 5.74) is 6.81. The zero-order valence-electron chi connectivity index (χ0n) is 9.27. The molecular weight excluding hydrogens is 236 g/mol. The van der Waals surface area contributed by atoms with Crippen LogP contribution in [0, 0.1) is 11.6 Å². The molecule has 0 unspecified atom stereocenters. The monoisotopic (exact) mass is 245 g/mol. The third kappa shape index (κ3) is 1.52. The zero-order chi connectivity index (χ0) is 12.7. The first-order valence-electron chi connectivity index (χ1n) is 5.35. The van der Waals surface area contributed by atoms with Gasteiger partial charge >= 0.3 is 0 Å². The maximum Gasteiger partial charge on any atom is 0.139 e. The number of rotatable bonds is 1. The third-order valence-electron chi connectivity index (χ3n) is 2.75. The zero-order valence-corrected chi connectivity index (χ0v) is 9.27. The maximum atomic E-state index is 13.7. The second-order valence-corrected chi connectivity index (χ2v) is 3.90. The summed E-state index contributed by atoms with van der Waals surface area (Å²) < 4.78 is 28.5. The van der Waals surface area contributed by atoms with Gasteiger partial charge in [0.2, 0.25) is 0 Å². The van der Waals surface area contributed by atoms with E-state index in [9.17, 15) is 8.78 Å². The molecule has 0 amide bonds. The molecule has 3 rings (SSSR count). The number of benzene rings is 1. The Bertz CT molecular complexity index is 734. The van der Waals surface area contributed by atoms with Gasteiger partial charge in [0.1, 0.15) is 28.8 Å². The number of aromatic nitrogens is 2. The minimum Gasteiger partial charge on any atom is -0.383 e. The van der Waals surface area contributed by atoms with Gasteiger partial charge in [-0.25, -0.2) is 13.8 Å². The summed E-state index contributed by atoms with van der Waals surface area (Å²) in [5.74, 6) is -0.788. The molecule has 0 bridgehead atoms. The van der Waals surface area contributed by atoms with Crippen LogP contribution in [0.5, 0.6) is 0 Å². The van der Waals surface area contributed by atoms with Crippen LogP contribution in [0.2, 0.25) is 0 Å². The Morgan fingerprint density at radius 1 is 1.11 bits per heavy atom. The topological polar surface area (TPSA) is 43.3 Å². The molecule has 3 nitrogen and oxygen atoms in total. The fourth-order valence-corrected chi connectivity index (χ4v) is 1.89. The average Bonchev–Trinajstić information content (AvgIpc) is 2.71. The second kappa shape index (κ2) is 3.80. The molecule has 0 radical (unpaired) electrons. The van der Waals surface area contributed by atoms with E-state index in [4.69, 9.17) is 5.73 Å². The van der Waals surface area contributed by atoms with E-state index < -0.39 is 11.6 Å². The van der Waals surface area contributed by atoms with Crippen LogP contribution in [0.25, 0.3) is 16.9 Å². The van der Waals surface area contributed by atoms with Crippen molar-refractivity contribution >= 4 is 11.5 Å². The summed E-state index contributed by atoms with van der Waals surface area (Å²) in [6, 6.07) is 8.55. The molecule has 0 saturated heterocycles. The van der Waals surface area contributed by atoms with Crippen LogP contribution in [0.1, 0.15) is 0 Å². The van der Waals surface area contributed by atoms with E-state index in [0.717, 1.165) is 18.2 Å². The molecule has 2 N–H and O–H groups in total. The minimum absolute atomic E-state index is 0.0659. The summed E-state index contributed by atoms with van der Waals surface area (Å²) in [5, 5.41) is 0. The molecule has 0 atom stereocenters. The number of hydrogen-bond acceptors (Lipinski definition) is 2. The van der Waals surface area contributed by atoms with Crippen molar-refractivity contribution in [1.29, 1.82) is 0 Å². The molecule has 18 heavy (non-hydrogen) atoms. The smallest absolute Gasteiger partial charge is 0.139 e. The van der Waals surface area contributed by atoms with Crippen molar-refractivity contribution in [3.8, 4) is 11.3 Å². The minimum atomic E-state index is -0.550. The Hall–Kier alpha value is -2.43. The molecule has 90 valence electrons. The summed E-state index contributed by atoms with van der Waals surface area (Å²) in [7, 11) is 0. The second-order valence-electron chi connectivity index (χ2n) is 3.90. The van der Waals surface area contributed by atoms with Gasteiger partial charge in [0.25, 0.3) is 0 Å². The van der Waals surface area contributed by atoms with Crippen molar-refractivity contribution in [2.75, 3.05) is 5.73 Å². The summed E-state index contributed by atoms with van der Waals surface area (Å²) in [6.07, 6.45) is 1.72. The number of nitrogen functional groups attached to an aromatic ring is 1. The lowest BCUT2D eigenvalue weighted by molar-refractivity contribution is 0.603. The Balaban J connectivity index is 2.31. The Kier molecular flexibility index (Phi) is 2.26. The van der Waals surface area contributed by atoms with Crippen LogP contribution in [0.3, 0.4) is 0 Å². The van der Waals surface area contributed by atoms with Crippen LogP contribution >= 0.6 is 0 Å². The van der Waals surface area contributed by atoms with E-state index in [0.29, 0.717) is 5.65 Å². The molecule has 0 aliphatic rings. The normalized spacial score (nSPS) is 11.0. The van der Waals surface area contributed by atoms with Gasteiger partial charge in [0.15, 0.2) is 0 Å². The van der Waals surface area contributed by atoms with E-state index in [1.165, 1.54) is 0 Å². The molecule has 0 aliphatic carbocycles. The Morgan fingerprint density at radius 3 is 2.72 bits per heavy atom. The highest BCUT2D eigenvalue weighted by molar-refractivity contribution is 5.75. The lowest BCUT2D eigenvalue weighted by Gasteiger charge is -2.01. The highest BCUT2D eigenvalue weighted by Crippen LogP contribution is 2.28. The molecule has 3 aromatic rings. The number of nitrogens with zero attached hydrogens (tertiary/aromatic N) is 2. The number of fused-ring (bicyclic) bond motifs is 1. The quantitative estimate of drug-likeness (QED) is 0.716. The van der Waals surface area contributed by atoms with Crippen molar-refractivity contribution in [3.05, 3.63) is 54.2 Å². The van der Waals surface area contributed by atoms with Gasteiger partial charge in [0.05, 0.1) is 0 Å². The number of hydrogen-bond donors (Lipinski definition) is 1. The Labute approximate surface area is 101 Å². The molecule has 0 fully saturated rings. The lowest BCUT2D eigenvalue weighted by atomic mass is 10.1. The van der Waals surface area contributed by atoms with Gasteiger partial charge in [-0.1, -0.05) is 6.07 Å². The van der Waals surface area contributed by atoms with Crippen LogP contribution < -0.4 is 5.73 Å². The third-order valence-corrected chi connectivity index (χ3v) is 2.75. The first-order chi connectivity index (χ1) is 8.66. The SMILES string of the molecule is Nc1c(-c2cc(F)ccc2F)nc2ccccn12. The van der Waals surface area contributed by atoms with Gasteiger partial charge in [-0.2, -0.15) is 0 Å². The van der Waals surface area contributed by atoms with Crippen LogP contribution in [-0.2, 0) is 0 Å². The summed E-state index contributed by atoms with van der Waals surface area (Å²) in [4.78, 5) is 4.22. The molecule has 1 aromatic carbocycles. The predicted octanol–water partition coefficient (Wildman–Crippen LogP) is 2.86. The molecule has 2 aromatic heterocycles. The molecule has 5 heteroatoms. The van der Waals surface area contributed by atoms with Gasteiger partial charge in [-0.3, -0.25) is 4.40 Å². The van der Waals surface area contributed by atoms with Crippen LogP contribution in [0.15, 0.2) is 42.6 Å². The predicted molar refractivity (Wildman–Crippen MR) is 65.0 cm³/mol. The average molecular weight is 245 g/mol. The summed E-state index contributed by atoms with van der Waals surface area (Å²) >= 11 is 0. The Morgan fingerprint density at radius 2 is 1.94 bits per heavy atom. The number of imidazole rings is 1. The standard InChI is InChI=1S/C13H9F2N3/c14-8-4-5-10(15)9(7-8)12-13(16)18-6-2-1-3-11(18)17-12/h1-7H,16H2. The van der Waals surface area contributed by atoms with Gasteiger partial charge in [-0.15, -0.1) is 0 Å². The number of halogens is 2. The van der Waals surface area contributed by atoms with Crippen molar-refractivity contribution in [3.63, 3.8) is 0 Å². The van der Waals surface area contributed by atoms with Crippen molar-refractivity contribution in [2.45, 2.75) is 0 Å². The fourth-order valence-electron chi connectivity index (χ4n) is 1.89. The summed E-state index contributed by atoms with van der Waals surface area (Å²) in [6.45, 7) is 0. The van der Waals surface area contributed by atoms with E-state index in [1.807, 2.05) is 0 Å². The number of anilines is 1. The highest BCUT2D eigenvalue weighted by Gasteiger charge is 2.15. The van der Waals surface area contributed by atoms with Crippen molar-refractivity contribution in [1.82, 2.24) is 9.38 Å². The van der Waals surface area contributed by atoms with E-state index >= 15 is 0 Å². The molecular formula is C13H9F2N3. The first-order valence-corrected chi connectivity index (χ1v) is 5.35. The molecule has 0 spiro atoms. The molecule has 0 aliphatic heterocycles. The van der Waals surface area contributed by atoms with Crippen LogP contribution in [0.4, 0.5) is 14.6 Å².